The minimum atomic E-state index is -2.91. The predicted octanol–water partition coefficient (Wildman–Crippen LogP) is 1.71. The topological polar surface area (TPSA) is 73.8 Å². The Kier molecular flexibility index (Phi) is 12.2. The summed E-state index contributed by atoms with van der Waals surface area (Å²) in [6.07, 6.45) is 5.87. The first kappa shape index (κ1) is 23.9. The van der Waals surface area contributed by atoms with Gasteiger partial charge in [0, 0.05) is 32.4 Å². The van der Waals surface area contributed by atoms with Gasteiger partial charge in [0.1, 0.15) is 9.84 Å². The number of rotatable bonds is 8. The van der Waals surface area contributed by atoms with Gasteiger partial charge in [-0.15, -0.1) is 24.0 Å². The van der Waals surface area contributed by atoms with Crippen molar-refractivity contribution in [1.82, 2.24) is 15.5 Å². The lowest BCUT2D eigenvalue weighted by Crippen LogP contribution is -2.45. The van der Waals surface area contributed by atoms with Gasteiger partial charge in [-0.1, -0.05) is 13.3 Å². The molecule has 1 rings (SSSR count). The molecule has 0 aromatic heterocycles. The van der Waals surface area contributed by atoms with E-state index >= 15 is 0 Å². The van der Waals surface area contributed by atoms with E-state index in [1.165, 1.54) is 38.6 Å². The minimum Gasteiger partial charge on any atom is -0.356 e. The molecule has 0 amide bonds. The molecule has 1 heterocycles. The van der Waals surface area contributed by atoms with E-state index in [4.69, 9.17) is 0 Å². The zero-order valence-electron chi connectivity index (χ0n) is 15.5. The molecule has 2 unspecified atom stereocenters. The van der Waals surface area contributed by atoms with E-state index < -0.39 is 9.84 Å². The van der Waals surface area contributed by atoms with Crippen molar-refractivity contribution in [1.29, 1.82) is 0 Å². The average Bonchev–Trinajstić information content (AvgIpc) is 2.49. The zero-order chi connectivity index (χ0) is 17.3. The SMILES string of the molecule is CN=C(NCC(C)CN1CCCCC1)NC(C)CCS(C)(=O)=O.I. The first-order valence-corrected chi connectivity index (χ1v) is 10.7. The molecule has 0 spiro atoms. The van der Waals surface area contributed by atoms with E-state index in [1.807, 2.05) is 6.92 Å². The highest BCUT2D eigenvalue weighted by Gasteiger charge is 2.14. The van der Waals surface area contributed by atoms with Gasteiger partial charge in [-0.25, -0.2) is 8.42 Å². The molecule has 2 N–H and O–H groups in total. The Morgan fingerprint density at radius 3 is 2.38 bits per heavy atom. The standard InChI is InChI=1S/C16H34N4O2S.HI/c1-14(13-20-9-6-5-7-10-20)12-18-16(17-3)19-15(2)8-11-23(4,21)22;/h14-15H,5-13H2,1-4H3,(H2,17,18,19);1H. The summed E-state index contributed by atoms with van der Waals surface area (Å²) in [5, 5.41) is 6.61. The van der Waals surface area contributed by atoms with Crippen LogP contribution in [0, 0.1) is 5.92 Å². The molecule has 0 aliphatic carbocycles. The molecule has 1 saturated heterocycles. The average molecular weight is 474 g/mol. The van der Waals surface area contributed by atoms with Gasteiger partial charge in [0.25, 0.3) is 0 Å². The number of likely N-dealkylation sites (tertiary alicyclic amines) is 1. The first-order chi connectivity index (χ1) is 10.8. The van der Waals surface area contributed by atoms with Crippen molar-refractivity contribution in [3.8, 4) is 0 Å². The van der Waals surface area contributed by atoms with Crippen LogP contribution >= 0.6 is 24.0 Å². The Morgan fingerprint density at radius 1 is 1.21 bits per heavy atom. The Morgan fingerprint density at radius 2 is 1.83 bits per heavy atom. The summed E-state index contributed by atoms with van der Waals surface area (Å²) in [6.45, 7) is 8.67. The predicted molar refractivity (Wildman–Crippen MR) is 113 cm³/mol. The summed E-state index contributed by atoms with van der Waals surface area (Å²) in [7, 11) is -1.17. The van der Waals surface area contributed by atoms with Crippen molar-refractivity contribution in [3.63, 3.8) is 0 Å². The van der Waals surface area contributed by atoms with Crippen molar-refractivity contribution in [2.24, 2.45) is 10.9 Å². The maximum atomic E-state index is 11.2. The quantitative estimate of drug-likeness (QED) is 0.319. The van der Waals surface area contributed by atoms with Gasteiger partial charge in [-0.2, -0.15) is 0 Å². The van der Waals surface area contributed by atoms with E-state index in [1.54, 1.807) is 7.05 Å². The van der Waals surface area contributed by atoms with Crippen LogP contribution in [0.5, 0.6) is 0 Å². The van der Waals surface area contributed by atoms with Crippen LogP contribution in [0.2, 0.25) is 0 Å². The molecule has 0 aromatic carbocycles. The number of halogens is 1. The highest BCUT2D eigenvalue weighted by Crippen LogP contribution is 2.10. The Balaban J connectivity index is 0.00000529. The molecule has 1 aliphatic rings. The first-order valence-electron chi connectivity index (χ1n) is 8.67. The lowest BCUT2D eigenvalue weighted by Gasteiger charge is -2.29. The molecular formula is C16H35IN4O2S. The van der Waals surface area contributed by atoms with Gasteiger partial charge < -0.3 is 15.5 Å². The van der Waals surface area contributed by atoms with Gasteiger partial charge >= 0.3 is 0 Å². The number of sulfone groups is 1. The summed E-state index contributed by atoms with van der Waals surface area (Å²) in [6, 6.07) is 0.0772. The maximum Gasteiger partial charge on any atom is 0.191 e. The fraction of sp³-hybridized carbons (Fsp3) is 0.938. The van der Waals surface area contributed by atoms with Gasteiger partial charge in [-0.05, 0) is 45.2 Å². The molecule has 1 aliphatic heterocycles. The molecule has 0 saturated carbocycles. The smallest absolute Gasteiger partial charge is 0.191 e. The largest absolute Gasteiger partial charge is 0.356 e. The van der Waals surface area contributed by atoms with Crippen molar-refractivity contribution >= 4 is 39.8 Å². The minimum absolute atomic E-state index is 0. The molecular weight excluding hydrogens is 439 g/mol. The van der Waals surface area contributed by atoms with Crippen LogP contribution in [0.25, 0.3) is 0 Å². The van der Waals surface area contributed by atoms with Crippen LogP contribution in [0.3, 0.4) is 0 Å². The van der Waals surface area contributed by atoms with E-state index in [2.05, 4.69) is 27.4 Å². The number of piperidine rings is 1. The molecule has 0 bridgehead atoms. The van der Waals surface area contributed by atoms with Crippen LogP contribution in [0.1, 0.15) is 39.5 Å². The van der Waals surface area contributed by atoms with Gasteiger partial charge in [-0.3, -0.25) is 4.99 Å². The van der Waals surface area contributed by atoms with Crippen molar-refractivity contribution < 1.29 is 8.42 Å². The lowest BCUT2D eigenvalue weighted by molar-refractivity contribution is 0.201. The summed E-state index contributed by atoms with van der Waals surface area (Å²) < 4.78 is 22.4. The van der Waals surface area contributed by atoms with Gasteiger partial charge in [0.2, 0.25) is 0 Å². The highest BCUT2D eigenvalue weighted by molar-refractivity contribution is 14.0. The van der Waals surface area contributed by atoms with E-state index in [0.29, 0.717) is 12.3 Å². The van der Waals surface area contributed by atoms with E-state index in [9.17, 15) is 8.42 Å². The molecule has 2 atom stereocenters. The maximum absolute atomic E-state index is 11.2. The fourth-order valence-corrected chi connectivity index (χ4v) is 3.59. The van der Waals surface area contributed by atoms with Crippen LogP contribution in [0.15, 0.2) is 4.99 Å². The lowest BCUT2D eigenvalue weighted by atomic mass is 10.1. The number of guanidine groups is 1. The van der Waals surface area contributed by atoms with Crippen molar-refractivity contribution in [3.05, 3.63) is 0 Å². The molecule has 0 radical (unpaired) electrons. The third-order valence-corrected chi connectivity index (χ3v) is 5.14. The van der Waals surface area contributed by atoms with Crippen molar-refractivity contribution in [2.45, 2.75) is 45.6 Å². The molecule has 0 aromatic rings. The third kappa shape index (κ3) is 11.5. The second kappa shape index (κ2) is 12.3. The molecule has 1 fully saturated rings. The third-order valence-electron chi connectivity index (χ3n) is 4.16. The second-order valence-corrected chi connectivity index (χ2v) is 9.14. The zero-order valence-corrected chi connectivity index (χ0v) is 18.7. The number of hydrogen-bond donors (Lipinski definition) is 2. The monoisotopic (exact) mass is 474 g/mol. The summed E-state index contributed by atoms with van der Waals surface area (Å²) in [4.78, 5) is 6.77. The Hall–Kier alpha value is -0.0900. The van der Waals surface area contributed by atoms with E-state index in [0.717, 1.165) is 19.0 Å². The summed E-state index contributed by atoms with van der Waals surface area (Å²) in [5.74, 6) is 1.50. The number of nitrogens with one attached hydrogen (secondary N) is 2. The molecule has 24 heavy (non-hydrogen) atoms. The molecule has 144 valence electrons. The van der Waals surface area contributed by atoms with E-state index in [-0.39, 0.29) is 35.8 Å². The number of aliphatic imine (C=N–C) groups is 1. The Labute approximate surface area is 165 Å². The fourth-order valence-electron chi connectivity index (χ4n) is 2.81. The molecule has 6 nitrogen and oxygen atoms in total. The van der Waals surface area contributed by atoms with Crippen LogP contribution in [0.4, 0.5) is 0 Å². The normalized spacial score (nSPS) is 19.2. The second-order valence-electron chi connectivity index (χ2n) is 6.88. The summed E-state index contributed by atoms with van der Waals surface area (Å²) in [5.41, 5.74) is 0. The van der Waals surface area contributed by atoms with Crippen molar-refractivity contribution in [2.75, 3.05) is 45.2 Å². The van der Waals surface area contributed by atoms with Gasteiger partial charge in [0.15, 0.2) is 5.96 Å². The van der Waals surface area contributed by atoms with Crippen LogP contribution in [-0.4, -0.2) is 70.6 Å². The summed E-state index contributed by atoms with van der Waals surface area (Å²) >= 11 is 0. The van der Waals surface area contributed by atoms with Crippen LogP contribution < -0.4 is 10.6 Å². The Bertz CT molecular complexity index is 465. The number of hydrogen-bond acceptors (Lipinski definition) is 4. The highest BCUT2D eigenvalue weighted by atomic mass is 127. The van der Waals surface area contributed by atoms with Gasteiger partial charge in [0.05, 0.1) is 5.75 Å². The molecule has 8 heteroatoms. The number of nitrogens with zero attached hydrogens (tertiary/aromatic N) is 2. The van der Waals surface area contributed by atoms with Crippen LogP contribution in [-0.2, 0) is 9.84 Å².